The summed E-state index contributed by atoms with van der Waals surface area (Å²) < 4.78 is 27.4. The van der Waals surface area contributed by atoms with Crippen molar-refractivity contribution in [2.24, 2.45) is 0 Å². The highest BCUT2D eigenvalue weighted by molar-refractivity contribution is 9.10. The van der Waals surface area contributed by atoms with Gasteiger partial charge in [-0.1, -0.05) is 70.0 Å². The van der Waals surface area contributed by atoms with E-state index in [1.807, 2.05) is 50.2 Å². The molecule has 1 N–H and O–H groups in total. The minimum Gasteiger partial charge on any atom is -0.352 e. The lowest BCUT2D eigenvalue weighted by Crippen LogP contribution is -2.54. The fourth-order valence-electron chi connectivity index (χ4n) is 3.99. The molecule has 0 heterocycles. The first kappa shape index (κ1) is 29.7. The first-order valence-electron chi connectivity index (χ1n) is 12.1. The van der Waals surface area contributed by atoms with Crippen molar-refractivity contribution in [2.75, 3.05) is 17.1 Å². The van der Waals surface area contributed by atoms with Gasteiger partial charge in [0.25, 0.3) is 0 Å². The van der Waals surface area contributed by atoms with Crippen molar-refractivity contribution < 1.29 is 18.0 Å². The van der Waals surface area contributed by atoms with E-state index in [0.717, 1.165) is 26.2 Å². The lowest BCUT2D eigenvalue weighted by atomic mass is 10.0. The van der Waals surface area contributed by atoms with Crippen LogP contribution in [0.5, 0.6) is 0 Å². The number of sulfonamides is 1. The van der Waals surface area contributed by atoms with E-state index in [2.05, 4.69) is 21.2 Å². The molecule has 3 aromatic rings. The number of carbonyl (C=O) groups excluding carboxylic acids is 2. The van der Waals surface area contributed by atoms with E-state index in [1.54, 1.807) is 42.5 Å². The van der Waals surface area contributed by atoms with Crippen LogP contribution in [0.3, 0.4) is 0 Å². The Labute approximate surface area is 238 Å². The molecular weight excluding hydrogens is 590 g/mol. The highest BCUT2D eigenvalue weighted by Gasteiger charge is 2.33. The molecule has 0 aliphatic heterocycles. The molecule has 0 unspecified atom stereocenters. The van der Waals surface area contributed by atoms with Crippen LogP contribution in [-0.4, -0.2) is 50.0 Å². The first-order chi connectivity index (χ1) is 17.9. The number of amides is 2. The van der Waals surface area contributed by atoms with Gasteiger partial charge in [-0.05, 0) is 61.4 Å². The van der Waals surface area contributed by atoms with Gasteiger partial charge in [0.05, 0.1) is 11.9 Å². The van der Waals surface area contributed by atoms with Gasteiger partial charge in [0, 0.05) is 28.5 Å². The van der Waals surface area contributed by atoms with Crippen LogP contribution in [-0.2, 0) is 32.6 Å². The maximum Gasteiger partial charge on any atom is 0.244 e. The summed E-state index contributed by atoms with van der Waals surface area (Å²) in [5.41, 5.74) is 1.93. The van der Waals surface area contributed by atoms with Crippen LogP contribution in [0.1, 0.15) is 25.0 Å². The average molecular weight is 621 g/mol. The smallest absolute Gasteiger partial charge is 0.244 e. The third kappa shape index (κ3) is 8.58. The Morgan fingerprint density at radius 1 is 0.947 bits per heavy atom. The molecule has 202 valence electrons. The minimum absolute atomic E-state index is 0.0698. The van der Waals surface area contributed by atoms with Crippen molar-refractivity contribution in [3.8, 4) is 0 Å². The molecule has 0 saturated heterocycles. The molecule has 0 saturated carbocycles. The van der Waals surface area contributed by atoms with Crippen LogP contribution in [0.25, 0.3) is 0 Å². The molecule has 0 radical (unpaired) electrons. The van der Waals surface area contributed by atoms with Gasteiger partial charge < -0.3 is 10.2 Å². The van der Waals surface area contributed by atoms with E-state index >= 15 is 0 Å². The molecule has 0 aliphatic rings. The molecule has 0 bridgehead atoms. The normalized spacial score (nSPS) is 12.2. The van der Waals surface area contributed by atoms with Crippen molar-refractivity contribution >= 4 is 55.1 Å². The quantitative estimate of drug-likeness (QED) is 0.326. The van der Waals surface area contributed by atoms with Gasteiger partial charge >= 0.3 is 0 Å². The fourth-order valence-corrected chi connectivity index (χ4v) is 5.31. The van der Waals surface area contributed by atoms with Crippen molar-refractivity contribution in [3.05, 3.63) is 99.5 Å². The topological polar surface area (TPSA) is 86.8 Å². The molecule has 38 heavy (non-hydrogen) atoms. The zero-order chi connectivity index (χ0) is 27.9. The number of nitrogens with one attached hydrogen (secondary N) is 1. The highest BCUT2D eigenvalue weighted by Crippen LogP contribution is 2.23. The summed E-state index contributed by atoms with van der Waals surface area (Å²) in [6.07, 6.45) is 1.30. The Kier molecular flexibility index (Phi) is 10.4. The molecule has 0 aliphatic carbocycles. The molecule has 3 aromatic carbocycles. The Bertz CT molecular complexity index is 1350. The van der Waals surface area contributed by atoms with E-state index in [0.29, 0.717) is 10.7 Å². The number of rotatable bonds is 11. The highest BCUT2D eigenvalue weighted by atomic mass is 79.9. The van der Waals surface area contributed by atoms with Crippen molar-refractivity contribution in [3.63, 3.8) is 0 Å². The molecular formula is C28H31BrClN3O4S. The second kappa shape index (κ2) is 13.3. The van der Waals surface area contributed by atoms with Gasteiger partial charge in [-0.25, -0.2) is 8.42 Å². The number of carbonyl (C=O) groups is 2. The van der Waals surface area contributed by atoms with E-state index in [9.17, 15) is 18.0 Å². The number of anilines is 1. The maximum atomic E-state index is 13.9. The summed E-state index contributed by atoms with van der Waals surface area (Å²) >= 11 is 9.56. The second-order valence-corrected chi connectivity index (χ2v) is 12.5. The van der Waals surface area contributed by atoms with Crippen LogP contribution in [0.2, 0.25) is 5.02 Å². The Morgan fingerprint density at radius 3 is 2.16 bits per heavy atom. The fraction of sp³-hybridized carbons (Fsp3) is 0.286. The summed E-state index contributed by atoms with van der Waals surface area (Å²) in [5, 5.41) is 3.42. The minimum atomic E-state index is -3.81. The summed E-state index contributed by atoms with van der Waals surface area (Å²) in [7, 11) is -3.81. The van der Waals surface area contributed by atoms with Crippen LogP contribution in [0.15, 0.2) is 83.3 Å². The molecule has 0 spiro atoms. The molecule has 0 fully saturated rings. The van der Waals surface area contributed by atoms with Crippen LogP contribution in [0, 0.1) is 0 Å². The van der Waals surface area contributed by atoms with Crippen molar-refractivity contribution in [1.82, 2.24) is 10.2 Å². The third-order valence-electron chi connectivity index (χ3n) is 5.74. The molecule has 2 amide bonds. The SMILES string of the molecule is CC(C)NC(=O)[C@@H](Cc1ccccc1)N(Cc1cccc(Cl)c1)C(=O)CN(c1ccc(Br)cc1)S(C)(=O)=O. The van der Waals surface area contributed by atoms with Crippen LogP contribution < -0.4 is 9.62 Å². The summed E-state index contributed by atoms with van der Waals surface area (Å²) in [6.45, 7) is 3.29. The van der Waals surface area contributed by atoms with E-state index in [4.69, 9.17) is 11.6 Å². The number of benzene rings is 3. The predicted molar refractivity (Wildman–Crippen MR) is 156 cm³/mol. The number of hydrogen-bond donors (Lipinski definition) is 1. The van der Waals surface area contributed by atoms with E-state index in [-0.39, 0.29) is 24.9 Å². The number of halogens is 2. The Hall–Kier alpha value is -2.88. The van der Waals surface area contributed by atoms with Crippen LogP contribution >= 0.6 is 27.5 Å². The zero-order valence-corrected chi connectivity index (χ0v) is 24.6. The van der Waals surface area contributed by atoms with Gasteiger partial charge in [0.15, 0.2) is 0 Å². The molecule has 10 heteroatoms. The Morgan fingerprint density at radius 2 is 1.58 bits per heavy atom. The number of nitrogens with zero attached hydrogens (tertiary/aromatic N) is 2. The van der Waals surface area contributed by atoms with Gasteiger partial charge in [0.2, 0.25) is 21.8 Å². The standard InChI is InChI=1S/C28H31BrClN3O4S/c1-20(2)31-28(35)26(17-21-8-5-4-6-9-21)32(18-22-10-7-11-24(30)16-22)27(34)19-33(38(3,36)37)25-14-12-23(29)13-15-25/h4-16,20,26H,17-19H2,1-3H3,(H,31,35)/t26-/m1/s1. The van der Waals surface area contributed by atoms with E-state index < -0.39 is 28.5 Å². The summed E-state index contributed by atoms with van der Waals surface area (Å²) in [4.78, 5) is 28.9. The third-order valence-corrected chi connectivity index (χ3v) is 7.64. The molecule has 3 rings (SSSR count). The van der Waals surface area contributed by atoms with Crippen molar-refractivity contribution in [2.45, 2.75) is 38.9 Å². The second-order valence-electron chi connectivity index (χ2n) is 9.27. The van der Waals surface area contributed by atoms with Gasteiger partial charge in [-0.2, -0.15) is 0 Å². The largest absolute Gasteiger partial charge is 0.352 e. The lowest BCUT2D eigenvalue weighted by molar-refractivity contribution is -0.140. The molecule has 1 atom stereocenters. The van der Waals surface area contributed by atoms with Gasteiger partial charge in [-0.3, -0.25) is 13.9 Å². The van der Waals surface area contributed by atoms with Gasteiger partial charge in [0.1, 0.15) is 12.6 Å². The zero-order valence-electron chi connectivity index (χ0n) is 21.5. The summed E-state index contributed by atoms with van der Waals surface area (Å²) in [6, 6.07) is 22.0. The molecule has 0 aromatic heterocycles. The first-order valence-corrected chi connectivity index (χ1v) is 15.1. The monoisotopic (exact) mass is 619 g/mol. The lowest BCUT2D eigenvalue weighted by Gasteiger charge is -2.34. The average Bonchev–Trinajstić information content (AvgIpc) is 2.85. The molecule has 7 nitrogen and oxygen atoms in total. The van der Waals surface area contributed by atoms with E-state index in [1.165, 1.54) is 4.90 Å². The number of hydrogen-bond acceptors (Lipinski definition) is 4. The maximum absolute atomic E-state index is 13.9. The summed E-state index contributed by atoms with van der Waals surface area (Å²) in [5.74, 6) is -0.841. The van der Waals surface area contributed by atoms with Crippen molar-refractivity contribution in [1.29, 1.82) is 0 Å². The Balaban J connectivity index is 2.05. The van der Waals surface area contributed by atoms with Crippen LogP contribution in [0.4, 0.5) is 5.69 Å². The predicted octanol–water partition coefficient (Wildman–Crippen LogP) is 5.03. The van der Waals surface area contributed by atoms with Gasteiger partial charge in [-0.15, -0.1) is 0 Å².